The first kappa shape index (κ1) is 48.2. The largest absolute Gasteiger partial charge is 1.00 e. The van der Waals surface area contributed by atoms with Crippen LogP contribution < -0.4 is 0 Å². The molecular weight excluding hydrogens is 595 g/mol. The number of hydrogen-bond acceptors (Lipinski definition) is 6. The maximum atomic E-state index is 9.19. The molecular formula is C35H77NO6S2. The second-order valence-electron chi connectivity index (χ2n) is 12.9. The van der Waals surface area contributed by atoms with E-state index < -0.39 is 20.2 Å². The van der Waals surface area contributed by atoms with Crippen LogP contribution in [0.5, 0.6) is 0 Å². The van der Waals surface area contributed by atoms with Crippen LogP contribution in [0, 0.1) is 0 Å². The highest BCUT2D eigenvalue weighted by molar-refractivity contribution is 7.85. The Morgan fingerprint density at radius 2 is 0.591 bits per heavy atom. The molecule has 0 aliphatic carbocycles. The van der Waals surface area contributed by atoms with Crippen molar-refractivity contribution in [3.63, 3.8) is 0 Å². The van der Waals surface area contributed by atoms with Crippen molar-refractivity contribution in [2.45, 2.75) is 194 Å². The van der Waals surface area contributed by atoms with Crippen LogP contribution >= 0.6 is 0 Å². The van der Waals surface area contributed by atoms with Gasteiger partial charge in [0.25, 0.3) is 10.1 Å². The molecule has 0 saturated heterocycles. The fourth-order valence-corrected chi connectivity index (χ4v) is 5.26. The highest BCUT2D eigenvalue weighted by Crippen LogP contribution is 2.14. The van der Waals surface area contributed by atoms with E-state index in [9.17, 15) is 8.42 Å². The molecule has 0 radical (unpaired) electrons. The van der Waals surface area contributed by atoms with E-state index in [0.717, 1.165) is 0 Å². The van der Waals surface area contributed by atoms with E-state index in [1.54, 1.807) is 0 Å². The summed E-state index contributed by atoms with van der Waals surface area (Å²) in [5.41, 5.74) is 0. The third-order valence-corrected chi connectivity index (χ3v) is 7.79. The minimum Gasteiger partial charge on any atom is -0.748 e. The lowest BCUT2D eigenvalue weighted by atomic mass is 10.0. The molecule has 0 aromatic carbocycles. The zero-order chi connectivity index (χ0) is 33.8. The van der Waals surface area contributed by atoms with Gasteiger partial charge in [-0.25, -0.2) is 8.42 Å². The zero-order valence-corrected chi connectivity index (χ0v) is 31.6. The summed E-state index contributed by atoms with van der Waals surface area (Å²) in [5, 5.41) is 0. The number of rotatable bonds is 30. The lowest BCUT2D eigenvalue weighted by molar-refractivity contribution is 0.314. The van der Waals surface area contributed by atoms with Gasteiger partial charge in [-0.2, -0.15) is 8.42 Å². The second-order valence-corrected chi connectivity index (χ2v) is 15.8. The molecule has 0 bridgehead atoms. The van der Waals surface area contributed by atoms with Crippen molar-refractivity contribution < 1.29 is 27.4 Å². The van der Waals surface area contributed by atoms with Crippen molar-refractivity contribution in [2.24, 2.45) is 0 Å². The number of unbranched alkanes of at least 4 members (excludes halogenated alkanes) is 26. The summed E-state index contributed by atoms with van der Waals surface area (Å²) in [5.74, 6) is 0. The Morgan fingerprint density at radius 3 is 0.750 bits per heavy atom. The Bertz CT molecular complexity index is 673. The zero-order valence-electron chi connectivity index (χ0n) is 31.0. The first-order chi connectivity index (χ1) is 20.8. The predicted octanol–water partition coefficient (Wildman–Crippen LogP) is 10.7. The van der Waals surface area contributed by atoms with Gasteiger partial charge in [-0.3, -0.25) is 4.55 Å². The monoisotopic (exact) mass is 672 g/mol. The topological polar surface area (TPSA) is 115 Å². The first-order valence-electron chi connectivity index (χ1n) is 18.3. The summed E-state index contributed by atoms with van der Waals surface area (Å²) in [6, 6.07) is 0. The average molecular weight is 672 g/mol. The fraction of sp³-hybridized carbons (Fsp3) is 1.00. The van der Waals surface area contributed by atoms with Crippen molar-refractivity contribution in [2.75, 3.05) is 32.6 Å². The highest BCUT2D eigenvalue weighted by Gasteiger charge is 2.00. The second kappa shape index (κ2) is 37.2. The molecule has 1 N–H and O–H groups in total. The molecule has 0 fully saturated rings. The predicted molar refractivity (Wildman–Crippen MR) is 192 cm³/mol. The van der Waals surface area contributed by atoms with Gasteiger partial charge in [-0.15, -0.1) is 0 Å². The molecule has 0 aromatic heterocycles. The van der Waals surface area contributed by atoms with Gasteiger partial charge in [0.2, 0.25) is 0 Å². The van der Waals surface area contributed by atoms with Crippen LogP contribution in [-0.4, -0.2) is 63.5 Å². The van der Waals surface area contributed by atoms with E-state index in [1.807, 2.05) is 0 Å². The van der Waals surface area contributed by atoms with Gasteiger partial charge in [-0.1, -0.05) is 181 Å². The van der Waals surface area contributed by atoms with Crippen molar-refractivity contribution in [3.05, 3.63) is 0 Å². The van der Waals surface area contributed by atoms with Crippen molar-refractivity contribution >= 4 is 20.2 Å². The van der Waals surface area contributed by atoms with Gasteiger partial charge in [-0.05, 0) is 33.0 Å². The molecule has 0 rings (SSSR count). The van der Waals surface area contributed by atoms with E-state index in [0.29, 0.717) is 12.5 Å². The molecule has 9 heteroatoms. The Balaban J connectivity index is -0.000000656. The van der Waals surface area contributed by atoms with Gasteiger partial charge in [0.15, 0.2) is 0 Å². The summed E-state index contributed by atoms with van der Waals surface area (Å²) in [6.07, 6.45) is 42.2. The number of hydrogen-bond donors (Lipinski definition) is 1. The van der Waals surface area contributed by atoms with Gasteiger partial charge in [0.05, 0.1) is 16.4 Å². The van der Waals surface area contributed by atoms with E-state index in [-0.39, 0.29) is 1.43 Å². The van der Waals surface area contributed by atoms with Gasteiger partial charge < -0.3 is 9.45 Å². The average Bonchev–Trinajstić information content (AvgIpc) is 2.91. The van der Waals surface area contributed by atoms with E-state index in [4.69, 9.17) is 17.5 Å². The first-order valence-corrected chi connectivity index (χ1v) is 22.0. The van der Waals surface area contributed by atoms with Crippen LogP contribution in [0.1, 0.15) is 195 Å². The lowest BCUT2D eigenvalue weighted by Crippen LogP contribution is -2.20. The standard InChI is InChI=1S/C33H69N.2CH4O3S/c1-4-6-8-10-12-14-16-18-20-22-24-26-28-30-32-34(3)33-31-29-27-25-23-21-19-17-15-13-11-9-7-5-2;2*1-5(2,3)4/h4-33H2,1-3H3;2*1H3,(H,2,3,4). The van der Waals surface area contributed by atoms with Crippen LogP contribution in [0.3, 0.4) is 0 Å². The van der Waals surface area contributed by atoms with E-state index >= 15 is 0 Å². The minimum absolute atomic E-state index is 0. The van der Waals surface area contributed by atoms with Gasteiger partial charge >= 0.3 is 1.43 Å². The van der Waals surface area contributed by atoms with E-state index in [2.05, 4.69) is 25.8 Å². The smallest absolute Gasteiger partial charge is 0.748 e. The maximum absolute atomic E-state index is 9.19. The Kier molecular flexibility index (Phi) is 40.8. The Morgan fingerprint density at radius 1 is 0.455 bits per heavy atom. The van der Waals surface area contributed by atoms with Crippen molar-refractivity contribution in [3.8, 4) is 0 Å². The van der Waals surface area contributed by atoms with Crippen LogP contribution in [-0.2, 0) is 20.2 Å². The summed E-state index contributed by atoms with van der Waals surface area (Å²) in [7, 11) is -5.25. The molecule has 0 unspecified atom stereocenters. The van der Waals surface area contributed by atoms with E-state index in [1.165, 1.54) is 193 Å². The SMILES string of the molecule is CCCCCCCCCCCCCCCCN(C)CCCCCCCCCCCCCCCC.CS(=O)(=O)O.CS(=O)(=O)[O-].[H+]. The van der Waals surface area contributed by atoms with Crippen LogP contribution in [0.25, 0.3) is 0 Å². The van der Waals surface area contributed by atoms with Gasteiger partial charge in [0.1, 0.15) is 0 Å². The third kappa shape index (κ3) is 68.8. The van der Waals surface area contributed by atoms with Gasteiger partial charge in [0, 0.05) is 6.26 Å². The molecule has 0 atom stereocenters. The quantitative estimate of drug-likeness (QED) is 0.0597. The summed E-state index contributed by atoms with van der Waals surface area (Å²) < 4.78 is 53.1. The molecule has 270 valence electrons. The highest BCUT2D eigenvalue weighted by atomic mass is 32.2. The summed E-state index contributed by atoms with van der Waals surface area (Å²) >= 11 is 0. The normalized spacial score (nSPS) is 11.6. The molecule has 0 saturated carbocycles. The minimum atomic E-state index is -3.92. The molecule has 0 aromatic rings. The fourth-order valence-electron chi connectivity index (χ4n) is 5.26. The maximum Gasteiger partial charge on any atom is 1.00 e. The Hall–Kier alpha value is -0.220. The number of nitrogens with zero attached hydrogens (tertiary/aromatic N) is 1. The molecule has 0 aliphatic heterocycles. The lowest BCUT2D eigenvalue weighted by Gasteiger charge is -2.16. The third-order valence-electron chi connectivity index (χ3n) is 7.79. The molecule has 44 heavy (non-hydrogen) atoms. The molecule has 0 aliphatic rings. The molecule has 0 heterocycles. The van der Waals surface area contributed by atoms with Crippen LogP contribution in [0.4, 0.5) is 0 Å². The van der Waals surface area contributed by atoms with Crippen LogP contribution in [0.15, 0.2) is 0 Å². The molecule has 0 amide bonds. The molecule has 0 spiro atoms. The summed E-state index contributed by atoms with van der Waals surface area (Å²) in [6.45, 7) is 7.24. The summed E-state index contributed by atoms with van der Waals surface area (Å²) in [4.78, 5) is 2.58. The van der Waals surface area contributed by atoms with Crippen molar-refractivity contribution in [1.82, 2.24) is 4.90 Å². The molecule has 7 nitrogen and oxygen atoms in total. The Labute approximate surface area is 278 Å². The van der Waals surface area contributed by atoms with Crippen LogP contribution in [0.2, 0.25) is 0 Å². The van der Waals surface area contributed by atoms with Crippen molar-refractivity contribution in [1.29, 1.82) is 0 Å².